The van der Waals surface area contributed by atoms with E-state index in [-0.39, 0.29) is 83.6 Å². The average Bonchev–Trinajstić information content (AvgIpc) is 4.22. The van der Waals surface area contributed by atoms with Crippen LogP contribution < -0.4 is 0 Å². The maximum atomic E-state index is 12.2. The molecule has 78 heavy (non-hydrogen) atoms. The van der Waals surface area contributed by atoms with Crippen LogP contribution >= 0.6 is 0 Å². The molecule has 4 N–H and O–H groups in total. The third-order valence-corrected chi connectivity index (χ3v) is 21.4. The molecule has 5 saturated heterocycles. The number of terminal acetylenes is 2. The summed E-state index contributed by atoms with van der Waals surface area (Å²) in [6.45, 7) is 33.2. The zero-order valence-corrected chi connectivity index (χ0v) is 49.2. The number of unbranched alkanes of at least 4 members (excludes halogenated alkanes) is 1. The molecule has 0 radical (unpaired) electrons. The summed E-state index contributed by atoms with van der Waals surface area (Å²) < 4.78 is 67.2. The highest BCUT2D eigenvalue weighted by Crippen LogP contribution is 2.62. The molecule has 5 heterocycles. The highest BCUT2D eigenvalue weighted by atomic mass is 17.2. The zero-order chi connectivity index (χ0) is 56.7. The van der Waals surface area contributed by atoms with Crippen molar-refractivity contribution >= 4 is 0 Å². The van der Waals surface area contributed by atoms with E-state index >= 15 is 0 Å². The summed E-state index contributed by atoms with van der Waals surface area (Å²) in [5.74, 6) is 3.58. The summed E-state index contributed by atoms with van der Waals surface area (Å²) in [5, 5.41) is 46.7. The van der Waals surface area contributed by atoms with Gasteiger partial charge >= 0.3 is 0 Å². The van der Waals surface area contributed by atoms with Crippen molar-refractivity contribution in [1.82, 2.24) is 0 Å². The van der Waals surface area contributed by atoms with Gasteiger partial charge < -0.3 is 67.8 Å². The second-order valence-electron chi connectivity index (χ2n) is 26.4. The normalized spacial score (nSPS) is 51.3. The van der Waals surface area contributed by atoms with Gasteiger partial charge in [-0.2, -0.15) is 0 Å². The Morgan fingerprint density at radius 1 is 0.718 bits per heavy atom. The van der Waals surface area contributed by atoms with Crippen molar-refractivity contribution in [2.24, 2.45) is 71.0 Å². The molecule has 0 aromatic rings. The molecule has 16 heteroatoms. The highest BCUT2D eigenvalue weighted by Gasteiger charge is 2.72. The third-order valence-electron chi connectivity index (χ3n) is 21.4. The number of rotatable bonds is 22. The monoisotopic (exact) mass is 1100 g/mol. The Bertz CT molecular complexity index is 2150. The van der Waals surface area contributed by atoms with E-state index in [9.17, 15) is 20.4 Å². The first kappa shape index (κ1) is 60.8. The van der Waals surface area contributed by atoms with Gasteiger partial charge in [0.25, 0.3) is 0 Å². The molecule has 16 nitrogen and oxygen atoms in total. The summed E-state index contributed by atoms with van der Waals surface area (Å²) in [6, 6.07) is 0. The van der Waals surface area contributed by atoms with Crippen LogP contribution in [0.2, 0.25) is 0 Å². The van der Waals surface area contributed by atoms with E-state index in [1.165, 1.54) is 0 Å². The predicted octanol–water partition coefficient (Wildman–Crippen LogP) is 7.49. The second-order valence-corrected chi connectivity index (χ2v) is 26.4. The van der Waals surface area contributed by atoms with Crippen LogP contribution in [0.3, 0.4) is 0 Å². The SMILES string of the molecule is C#CCCCOC1CC2CC(O)C(OC3OC4(C)C(C#C)C(OOC(CC)C(OC5OC6(C)C(C)C(OC7OC(CC)C(OC8OC9(C)C(C)C(O)C9C8C)C(O)C7C(=C)C)C6C5C)C(O)C(C)C)C4C3C)C(CC)OC2C1. The van der Waals surface area contributed by atoms with E-state index in [0.717, 1.165) is 19.3 Å². The second kappa shape index (κ2) is 23.7. The Morgan fingerprint density at radius 3 is 1.92 bits per heavy atom. The van der Waals surface area contributed by atoms with Crippen molar-refractivity contribution in [3.05, 3.63) is 12.2 Å². The van der Waals surface area contributed by atoms with E-state index in [4.69, 9.17) is 70.0 Å². The van der Waals surface area contributed by atoms with E-state index in [1.807, 2.05) is 62.3 Å². The molecule has 9 rings (SSSR count). The number of aliphatic hydroxyl groups excluding tert-OH is 4. The first-order chi connectivity index (χ1) is 36.9. The van der Waals surface area contributed by atoms with Crippen molar-refractivity contribution in [3.63, 3.8) is 0 Å². The Morgan fingerprint density at radius 2 is 1.31 bits per heavy atom. The van der Waals surface area contributed by atoms with Gasteiger partial charge in [0.2, 0.25) is 0 Å². The van der Waals surface area contributed by atoms with E-state index < -0.39 is 115 Å². The van der Waals surface area contributed by atoms with Crippen LogP contribution in [-0.4, -0.2) is 154 Å². The van der Waals surface area contributed by atoms with Gasteiger partial charge in [-0.05, 0) is 78.1 Å². The summed E-state index contributed by atoms with van der Waals surface area (Å²) in [6.07, 6.45) is 6.53. The van der Waals surface area contributed by atoms with Crippen LogP contribution in [0.15, 0.2) is 12.2 Å². The Balaban J connectivity index is 0.830. The van der Waals surface area contributed by atoms with Gasteiger partial charge in [-0.3, -0.25) is 0 Å². The van der Waals surface area contributed by atoms with Gasteiger partial charge in [-0.1, -0.05) is 87.3 Å². The molecule has 9 fully saturated rings. The van der Waals surface area contributed by atoms with Crippen LogP contribution in [0.25, 0.3) is 0 Å². The molecular formula is C62H98O16. The minimum atomic E-state index is -0.990. The lowest BCUT2D eigenvalue weighted by molar-refractivity contribution is -0.417. The standard InChI is InChI=1S/C62H98O16/c1-18-23-24-25-67-37-26-36-27-39(63)53(40(20-3)68-43(36)28-37)71-57-33(12)47-52(38(19-2)62(47,17)76-57)78-77-42(22-5)55(48(64)30(8)9)73-58-32(11)46-51(35(14)61(46,16)75-58)70-59-44(29(6)7)50(66)54(41(21-4)69-59)72-56-31(10)45-49(65)34(13)60(45,15)74-56/h1-2,30-59,63-66H,6,20-28H2,3-5,7-17H3. The molecule has 4 saturated carbocycles. The van der Waals surface area contributed by atoms with Gasteiger partial charge in [-0.15, -0.1) is 18.8 Å². The molecule has 5 aliphatic heterocycles. The minimum absolute atomic E-state index is 0.0244. The number of hydrogen-bond acceptors (Lipinski definition) is 16. The fraction of sp³-hybridized carbons (Fsp3) is 0.903. The largest absolute Gasteiger partial charge is 0.392 e. The summed E-state index contributed by atoms with van der Waals surface area (Å²) >= 11 is 0. The Kier molecular flexibility index (Phi) is 18.5. The number of fused-ring (bicyclic) bond motifs is 4. The van der Waals surface area contributed by atoms with Gasteiger partial charge in [0.15, 0.2) is 25.2 Å². The number of ether oxygens (including phenoxy) is 10. The molecule has 0 aromatic heterocycles. The van der Waals surface area contributed by atoms with Crippen LogP contribution in [-0.2, 0) is 57.1 Å². The molecule has 32 unspecified atom stereocenters. The van der Waals surface area contributed by atoms with Crippen LogP contribution in [0.1, 0.15) is 148 Å². The van der Waals surface area contributed by atoms with E-state index in [2.05, 4.69) is 53.0 Å². The van der Waals surface area contributed by atoms with Gasteiger partial charge in [0.05, 0.1) is 83.6 Å². The fourth-order valence-corrected chi connectivity index (χ4v) is 16.3. The van der Waals surface area contributed by atoms with Crippen LogP contribution in [0, 0.1) is 95.7 Å². The Labute approximate surface area is 466 Å². The molecule has 4 aliphatic carbocycles. The minimum Gasteiger partial charge on any atom is -0.392 e. The van der Waals surface area contributed by atoms with Gasteiger partial charge in [0, 0.05) is 66.8 Å². The zero-order valence-electron chi connectivity index (χ0n) is 49.2. The summed E-state index contributed by atoms with van der Waals surface area (Å²) in [4.78, 5) is 12.9. The molecule has 0 spiro atoms. The molecule has 0 bridgehead atoms. The third kappa shape index (κ3) is 10.3. The lowest BCUT2D eigenvalue weighted by Crippen LogP contribution is -2.66. The van der Waals surface area contributed by atoms with Gasteiger partial charge in [0.1, 0.15) is 30.5 Å². The highest BCUT2D eigenvalue weighted by molar-refractivity contribution is 5.24. The molecule has 0 aromatic carbocycles. The molecule has 32 atom stereocenters. The average molecular weight is 1100 g/mol. The topological polar surface area (TPSA) is 192 Å². The van der Waals surface area contributed by atoms with Crippen LogP contribution in [0.4, 0.5) is 0 Å². The first-order valence-corrected chi connectivity index (χ1v) is 30.1. The van der Waals surface area contributed by atoms with Crippen molar-refractivity contribution in [1.29, 1.82) is 0 Å². The van der Waals surface area contributed by atoms with Crippen molar-refractivity contribution in [2.75, 3.05) is 6.61 Å². The molecule has 9 aliphatic rings. The maximum Gasteiger partial charge on any atom is 0.167 e. The van der Waals surface area contributed by atoms with Crippen molar-refractivity contribution in [2.45, 2.75) is 276 Å². The Hall–Kier alpha value is -1.78. The van der Waals surface area contributed by atoms with Gasteiger partial charge in [-0.25, -0.2) is 9.78 Å². The number of hydrogen-bond donors (Lipinski definition) is 4. The summed E-state index contributed by atoms with van der Waals surface area (Å²) in [7, 11) is 0. The summed E-state index contributed by atoms with van der Waals surface area (Å²) in [5.41, 5.74) is -1.19. The van der Waals surface area contributed by atoms with Crippen molar-refractivity contribution in [3.8, 4) is 24.7 Å². The number of aliphatic hydroxyl groups is 4. The first-order valence-electron chi connectivity index (χ1n) is 30.1. The molecule has 442 valence electrons. The molecule has 0 amide bonds. The van der Waals surface area contributed by atoms with Crippen LogP contribution in [0.5, 0.6) is 0 Å². The molecular weight excluding hydrogens is 1000 g/mol. The lowest BCUT2D eigenvalue weighted by Gasteiger charge is -2.56. The maximum absolute atomic E-state index is 12.2. The quantitative estimate of drug-likeness (QED) is 0.0274. The van der Waals surface area contributed by atoms with Crippen molar-refractivity contribution < 1.29 is 77.6 Å². The lowest BCUT2D eigenvalue weighted by atomic mass is 9.57. The smallest absolute Gasteiger partial charge is 0.167 e. The van der Waals surface area contributed by atoms with E-state index in [1.54, 1.807) is 0 Å². The predicted molar refractivity (Wildman–Crippen MR) is 288 cm³/mol. The van der Waals surface area contributed by atoms with E-state index in [0.29, 0.717) is 44.3 Å². The fourth-order valence-electron chi connectivity index (χ4n) is 16.3.